The topological polar surface area (TPSA) is 52.6 Å². The van der Waals surface area contributed by atoms with E-state index in [9.17, 15) is 9.59 Å². The second kappa shape index (κ2) is 6.06. The van der Waals surface area contributed by atoms with Gasteiger partial charge in [-0.05, 0) is 55.8 Å². The second-order valence-electron chi connectivity index (χ2n) is 5.90. The molecule has 0 amide bonds. The Morgan fingerprint density at radius 1 is 1.39 bits per heavy atom. The van der Waals surface area contributed by atoms with Gasteiger partial charge in [-0.3, -0.25) is 9.59 Å². The van der Waals surface area contributed by atoms with Gasteiger partial charge in [0.15, 0.2) is 5.78 Å². The number of benzene rings is 1. The Labute approximate surface area is 143 Å². The summed E-state index contributed by atoms with van der Waals surface area (Å²) in [5, 5.41) is 0. The van der Waals surface area contributed by atoms with E-state index in [1.165, 1.54) is 6.08 Å². The van der Waals surface area contributed by atoms with E-state index >= 15 is 0 Å². The normalized spacial score (nSPS) is 31.3. The van der Waals surface area contributed by atoms with Crippen LogP contribution in [-0.2, 0) is 14.3 Å². The molecule has 1 heterocycles. The quantitative estimate of drug-likeness (QED) is 0.343. The van der Waals surface area contributed by atoms with Crippen molar-refractivity contribution in [3.63, 3.8) is 0 Å². The minimum atomic E-state index is -0.873. The van der Waals surface area contributed by atoms with Crippen molar-refractivity contribution in [2.75, 3.05) is 6.61 Å². The lowest BCUT2D eigenvalue weighted by atomic mass is 9.71. The number of rotatable bonds is 2. The van der Waals surface area contributed by atoms with Crippen LogP contribution in [0.3, 0.4) is 0 Å². The molecule has 1 saturated heterocycles. The van der Waals surface area contributed by atoms with E-state index in [0.29, 0.717) is 12.4 Å². The smallest absolute Gasteiger partial charge is 0.322 e. The number of ether oxygens (including phenoxy) is 2. The number of halogens is 1. The van der Waals surface area contributed by atoms with Gasteiger partial charge in [-0.15, -0.1) is 0 Å². The molecule has 23 heavy (non-hydrogen) atoms. The first kappa shape index (κ1) is 16.1. The van der Waals surface area contributed by atoms with Gasteiger partial charge >= 0.3 is 5.97 Å². The number of hydrogen-bond acceptors (Lipinski definition) is 4. The highest BCUT2D eigenvalue weighted by Crippen LogP contribution is 2.45. The van der Waals surface area contributed by atoms with Gasteiger partial charge in [-0.2, -0.15) is 0 Å². The molecule has 4 nitrogen and oxygen atoms in total. The highest BCUT2D eigenvalue weighted by molar-refractivity contribution is 9.10. The van der Waals surface area contributed by atoms with Crippen molar-refractivity contribution in [2.45, 2.75) is 19.4 Å². The summed E-state index contributed by atoms with van der Waals surface area (Å²) in [5.41, 5.74) is 0.321. The van der Waals surface area contributed by atoms with Gasteiger partial charge in [0.25, 0.3) is 0 Å². The van der Waals surface area contributed by atoms with Gasteiger partial charge < -0.3 is 9.47 Å². The maximum Gasteiger partial charge on any atom is 0.322 e. The molecule has 0 aromatic heterocycles. The molecule has 2 aliphatic rings. The van der Waals surface area contributed by atoms with Crippen molar-refractivity contribution >= 4 is 27.7 Å². The third-order valence-electron chi connectivity index (χ3n) is 4.44. The molecule has 3 atom stereocenters. The largest absolute Gasteiger partial charge is 0.426 e. The van der Waals surface area contributed by atoms with Crippen LogP contribution >= 0.6 is 15.9 Å². The summed E-state index contributed by atoms with van der Waals surface area (Å²) in [6.45, 7) is 4.22. The monoisotopic (exact) mass is 376 g/mol. The summed E-state index contributed by atoms with van der Waals surface area (Å²) in [5.74, 6) is -1.54. The molecule has 3 rings (SSSR count). The lowest BCUT2D eigenvalue weighted by Crippen LogP contribution is -2.46. The maximum absolute atomic E-state index is 12.6. The number of allylic oxidation sites excluding steroid dienone is 2. The van der Waals surface area contributed by atoms with Gasteiger partial charge in [0, 0.05) is 10.4 Å². The molecule has 120 valence electrons. The third kappa shape index (κ3) is 2.91. The van der Waals surface area contributed by atoms with Crippen LogP contribution in [0.1, 0.15) is 13.8 Å². The van der Waals surface area contributed by atoms with E-state index in [1.54, 1.807) is 30.3 Å². The molecular formula is C18H17BrO4. The van der Waals surface area contributed by atoms with E-state index in [4.69, 9.17) is 9.47 Å². The van der Waals surface area contributed by atoms with Crippen LogP contribution in [0.5, 0.6) is 5.75 Å². The second-order valence-corrected chi connectivity index (χ2v) is 6.82. The van der Waals surface area contributed by atoms with Crippen molar-refractivity contribution in [3.05, 3.63) is 52.5 Å². The zero-order chi connectivity index (χ0) is 16.6. The molecule has 0 radical (unpaired) electrons. The summed E-state index contributed by atoms with van der Waals surface area (Å²) in [4.78, 5) is 25.0. The van der Waals surface area contributed by atoms with Gasteiger partial charge in [0.2, 0.25) is 0 Å². The Bertz CT molecular complexity index is 704. The van der Waals surface area contributed by atoms with Crippen molar-refractivity contribution in [3.8, 4) is 5.75 Å². The minimum Gasteiger partial charge on any atom is -0.426 e. The average Bonchev–Trinajstić information content (AvgIpc) is 2.87. The minimum absolute atomic E-state index is 0.237. The SMILES string of the molecule is C/C=C1\CO[C@]2(C)C=CC(=O)[C@@H](C(=O)Oc3ccc(Br)cc3)C12. The Hall–Kier alpha value is -1.72. The van der Waals surface area contributed by atoms with Crippen molar-refractivity contribution in [1.29, 1.82) is 0 Å². The van der Waals surface area contributed by atoms with Gasteiger partial charge in [-0.1, -0.05) is 22.0 Å². The number of carbonyl (C=O) groups excluding carboxylic acids is 2. The molecule has 1 fully saturated rings. The van der Waals surface area contributed by atoms with Crippen LogP contribution in [0.15, 0.2) is 52.5 Å². The molecular weight excluding hydrogens is 360 g/mol. The Morgan fingerprint density at radius 2 is 2.09 bits per heavy atom. The van der Waals surface area contributed by atoms with Gasteiger partial charge in [-0.25, -0.2) is 0 Å². The van der Waals surface area contributed by atoms with Crippen LogP contribution in [0.2, 0.25) is 0 Å². The van der Waals surface area contributed by atoms with Crippen molar-refractivity contribution < 1.29 is 19.1 Å². The highest BCUT2D eigenvalue weighted by atomic mass is 79.9. The fourth-order valence-corrected chi connectivity index (χ4v) is 3.46. The number of esters is 1. The van der Waals surface area contributed by atoms with Crippen LogP contribution < -0.4 is 4.74 Å². The summed E-state index contributed by atoms with van der Waals surface area (Å²) in [7, 11) is 0. The Balaban J connectivity index is 1.90. The molecule has 0 N–H and O–H groups in total. The summed E-state index contributed by atoms with van der Waals surface area (Å²) in [6.07, 6.45) is 5.10. The van der Waals surface area contributed by atoms with Crippen LogP contribution in [-0.4, -0.2) is 24.0 Å². The van der Waals surface area contributed by atoms with Crippen LogP contribution in [0.4, 0.5) is 0 Å². The van der Waals surface area contributed by atoms with E-state index < -0.39 is 17.5 Å². The predicted molar refractivity (Wildman–Crippen MR) is 89.0 cm³/mol. The van der Waals surface area contributed by atoms with E-state index in [0.717, 1.165) is 10.0 Å². The average molecular weight is 377 g/mol. The van der Waals surface area contributed by atoms with Crippen LogP contribution in [0.25, 0.3) is 0 Å². The molecule has 0 bridgehead atoms. The third-order valence-corrected chi connectivity index (χ3v) is 4.97. The molecule has 1 aliphatic heterocycles. The Morgan fingerprint density at radius 3 is 2.74 bits per heavy atom. The fourth-order valence-electron chi connectivity index (χ4n) is 3.20. The molecule has 1 unspecified atom stereocenters. The lowest BCUT2D eigenvalue weighted by molar-refractivity contribution is -0.147. The van der Waals surface area contributed by atoms with E-state index in [-0.39, 0.29) is 11.7 Å². The lowest BCUT2D eigenvalue weighted by Gasteiger charge is -2.34. The fraction of sp³-hybridized carbons (Fsp3) is 0.333. The molecule has 5 heteroatoms. The number of ketones is 1. The molecule has 1 aromatic carbocycles. The van der Waals surface area contributed by atoms with Crippen molar-refractivity contribution in [1.82, 2.24) is 0 Å². The maximum atomic E-state index is 12.6. The zero-order valence-electron chi connectivity index (χ0n) is 12.9. The molecule has 1 aliphatic carbocycles. The standard InChI is InChI=1S/C18H17BrO4/c1-3-11-10-22-18(2)9-8-14(20)15(16(11)18)17(21)23-13-6-4-12(19)5-7-13/h3-9,15-16H,10H2,1-2H3/b11-3+/t15-,16?,18-/m1/s1. The van der Waals surface area contributed by atoms with Crippen molar-refractivity contribution in [2.24, 2.45) is 11.8 Å². The molecule has 1 aromatic rings. The first-order chi connectivity index (χ1) is 10.9. The number of hydrogen-bond donors (Lipinski definition) is 0. The van der Waals surface area contributed by atoms with E-state index in [1.807, 2.05) is 19.9 Å². The first-order valence-corrected chi connectivity index (χ1v) is 8.23. The van der Waals surface area contributed by atoms with E-state index in [2.05, 4.69) is 15.9 Å². The van der Waals surface area contributed by atoms with Gasteiger partial charge in [0.05, 0.1) is 12.2 Å². The molecule has 0 spiro atoms. The van der Waals surface area contributed by atoms with Crippen LogP contribution in [0, 0.1) is 11.8 Å². The zero-order valence-corrected chi connectivity index (χ0v) is 14.5. The van der Waals surface area contributed by atoms with Gasteiger partial charge in [0.1, 0.15) is 11.7 Å². The first-order valence-electron chi connectivity index (χ1n) is 7.44. The summed E-state index contributed by atoms with van der Waals surface area (Å²) >= 11 is 3.33. The summed E-state index contributed by atoms with van der Waals surface area (Å²) in [6, 6.07) is 6.94. The molecule has 0 saturated carbocycles. The summed E-state index contributed by atoms with van der Waals surface area (Å²) < 4.78 is 12.1. The number of carbonyl (C=O) groups is 2. The Kier molecular flexibility index (Phi) is 4.25. The number of fused-ring (bicyclic) bond motifs is 1. The highest BCUT2D eigenvalue weighted by Gasteiger charge is 2.53. The predicted octanol–water partition coefficient (Wildman–Crippen LogP) is 3.46.